The smallest absolute Gasteiger partial charge is 0.330 e. The number of hydrogen-bond donors (Lipinski definition) is 2. The Labute approximate surface area is 126 Å². The van der Waals surface area contributed by atoms with Crippen molar-refractivity contribution in [1.82, 2.24) is 0 Å². The number of hydrogen-bond acceptors (Lipinski definition) is 3. The Morgan fingerprint density at radius 1 is 1.38 bits per heavy atom. The van der Waals surface area contributed by atoms with Gasteiger partial charge in [0, 0.05) is 11.3 Å². The number of amides is 1. The molecule has 1 amide bonds. The van der Waals surface area contributed by atoms with E-state index in [1.165, 1.54) is 0 Å². The zero-order chi connectivity index (χ0) is 15.9. The van der Waals surface area contributed by atoms with Crippen LogP contribution in [0.5, 0.6) is 0 Å². The van der Waals surface area contributed by atoms with Crippen molar-refractivity contribution in [3.05, 3.63) is 24.3 Å². The third kappa shape index (κ3) is 6.86. The van der Waals surface area contributed by atoms with E-state index in [9.17, 15) is 18.0 Å². The summed E-state index contributed by atoms with van der Waals surface area (Å²) in [6.45, 7) is 2.35. The topological polar surface area (TPSA) is 55.1 Å². The van der Waals surface area contributed by atoms with Crippen molar-refractivity contribution in [2.24, 2.45) is 11.7 Å². The number of alkyl halides is 3. The molecule has 0 spiro atoms. The number of anilines is 1. The van der Waals surface area contributed by atoms with Gasteiger partial charge in [-0.1, -0.05) is 25.5 Å². The molecular formula is C14H19F3N2OS. The van der Waals surface area contributed by atoms with Gasteiger partial charge in [0.25, 0.3) is 0 Å². The van der Waals surface area contributed by atoms with E-state index in [0.717, 1.165) is 6.42 Å². The monoisotopic (exact) mass is 320 g/mol. The van der Waals surface area contributed by atoms with Gasteiger partial charge in [-0.05, 0) is 24.6 Å². The number of para-hydroxylation sites is 1. The molecule has 0 aliphatic rings. The molecule has 1 aromatic carbocycles. The molecule has 118 valence electrons. The molecule has 0 aliphatic heterocycles. The third-order valence-electron chi connectivity index (χ3n) is 2.94. The average molecular weight is 320 g/mol. The van der Waals surface area contributed by atoms with Crippen LogP contribution in [-0.2, 0) is 4.79 Å². The van der Waals surface area contributed by atoms with Crippen molar-refractivity contribution in [1.29, 1.82) is 0 Å². The highest BCUT2D eigenvalue weighted by atomic mass is 32.2. The van der Waals surface area contributed by atoms with Crippen LogP contribution in [-0.4, -0.2) is 24.4 Å². The number of carbonyl (C=O) groups excluding carboxylic acids is 1. The minimum absolute atomic E-state index is 0.0833. The quantitative estimate of drug-likeness (QED) is 0.754. The predicted octanol–water partition coefficient (Wildman–Crippen LogP) is 3.65. The minimum atomic E-state index is -4.24. The Kier molecular flexibility index (Phi) is 7.04. The third-order valence-corrected chi connectivity index (χ3v) is 4.08. The van der Waals surface area contributed by atoms with Crippen LogP contribution < -0.4 is 11.1 Å². The number of rotatable bonds is 7. The highest BCUT2D eigenvalue weighted by molar-refractivity contribution is 7.99. The van der Waals surface area contributed by atoms with Crippen molar-refractivity contribution in [3.8, 4) is 0 Å². The van der Waals surface area contributed by atoms with Crippen molar-refractivity contribution >= 4 is 23.4 Å². The van der Waals surface area contributed by atoms with Crippen LogP contribution in [0, 0.1) is 5.92 Å². The first-order valence-corrected chi connectivity index (χ1v) is 7.62. The first kappa shape index (κ1) is 17.8. The SMILES string of the molecule is CCC(CN)CC(=O)Nc1ccccc1SCC(F)(F)F. The molecule has 3 N–H and O–H groups in total. The van der Waals surface area contributed by atoms with Crippen molar-refractivity contribution in [2.45, 2.75) is 30.8 Å². The number of carbonyl (C=O) groups is 1. The van der Waals surface area contributed by atoms with Gasteiger partial charge in [0.05, 0.1) is 11.4 Å². The molecular weight excluding hydrogens is 301 g/mol. The van der Waals surface area contributed by atoms with Crippen molar-refractivity contribution in [3.63, 3.8) is 0 Å². The molecule has 1 aromatic rings. The summed E-state index contributed by atoms with van der Waals surface area (Å²) in [6, 6.07) is 6.48. The highest BCUT2D eigenvalue weighted by Crippen LogP contribution is 2.32. The summed E-state index contributed by atoms with van der Waals surface area (Å²) in [7, 11) is 0. The largest absolute Gasteiger partial charge is 0.398 e. The van der Waals surface area contributed by atoms with Gasteiger partial charge in [-0.15, -0.1) is 11.8 Å². The highest BCUT2D eigenvalue weighted by Gasteiger charge is 2.27. The van der Waals surface area contributed by atoms with Crippen LogP contribution in [0.25, 0.3) is 0 Å². The zero-order valence-electron chi connectivity index (χ0n) is 11.7. The second-order valence-electron chi connectivity index (χ2n) is 4.66. The Morgan fingerprint density at radius 3 is 2.62 bits per heavy atom. The molecule has 7 heteroatoms. The van der Waals surface area contributed by atoms with Crippen molar-refractivity contribution in [2.75, 3.05) is 17.6 Å². The number of nitrogens with one attached hydrogen (secondary N) is 1. The standard InChI is InChI=1S/C14H19F3N2OS/c1-2-10(8-18)7-13(20)19-11-5-3-4-6-12(11)21-9-14(15,16)17/h3-6,10H,2,7-9,18H2,1H3,(H,19,20). The normalized spacial score (nSPS) is 13.0. The number of benzene rings is 1. The van der Waals surface area contributed by atoms with E-state index in [2.05, 4.69) is 5.32 Å². The lowest BCUT2D eigenvalue weighted by Gasteiger charge is -2.14. The Hall–Kier alpha value is -1.21. The maximum absolute atomic E-state index is 12.3. The Balaban J connectivity index is 2.68. The van der Waals surface area contributed by atoms with Crippen LogP contribution >= 0.6 is 11.8 Å². The minimum Gasteiger partial charge on any atom is -0.330 e. The number of halogens is 3. The lowest BCUT2D eigenvalue weighted by Crippen LogP contribution is -2.22. The summed E-state index contributed by atoms with van der Waals surface area (Å²) in [6.07, 6.45) is -3.19. The molecule has 1 rings (SSSR count). The molecule has 0 saturated carbocycles. The van der Waals surface area contributed by atoms with Crippen molar-refractivity contribution < 1.29 is 18.0 Å². The summed E-state index contributed by atoms with van der Waals surface area (Å²) >= 11 is 0.662. The van der Waals surface area contributed by atoms with Gasteiger partial charge >= 0.3 is 6.18 Å². The predicted molar refractivity (Wildman–Crippen MR) is 79.3 cm³/mol. The molecule has 3 nitrogen and oxygen atoms in total. The molecule has 0 fully saturated rings. The lowest BCUT2D eigenvalue weighted by molar-refractivity contribution is -0.117. The molecule has 21 heavy (non-hydrogen) atoms. The van der Waals surface area contributed by atoms with E-state index in [1.54, 1.807) is 24.3 Å². The maximum atomic E-state index is 12.3. The summed E-state index contributed by atoms with van der Waals surface area (Å²) < 4.78 is 36.8. The van der Waals surface area contributed by atoms with Gasteiger partial charge in [-0.3, -0.25) is 4.79 Å². The van der Waals surface area contributed by atoms with Gasteiger partial charge in [-0.2, -0.15) is 13.2 Å². The first-order valence-electron chi connectivity index (χ1n) is 6.64. The molecule has 0 saturated heterocycles. The van der Waals surface area contributed by atoms with Crippen LogP contribution in [0.3, 0.4) is 0 Å². The molecule has 0 aromatic heterocycles. The van der Waals surface area contributed by atoms with Gasteiger partial charge in [0.15, 0.2) is 0 Å². The second-order valence-corrected chi connectivity index (χ2v) is 5.68. The molecule has 0 bridgehead atoms. The summed E-state index contributed by atoms with van der Waals surface area (Å²) in [4.78, 5) is 12.3. The lowest BCUT2D eigenvalue weighted by atomic mass is 10.0. The molecule has 0 aliphatic carbocycles. The number of nitrogens with two attached hydrogens (primary N) is 1. The van der Waals surface area contributed by atoms with Gasteiger partial charge in [0.1, 0.15) is 0 Å². The number of thioether (sulfide) groups is 1. The molecule has 0 radical (unpaired) electrons. The molecule has 1 atom stereocenters. The van der Waals surface area contributed by atoms with E-state index in [-0.39, 0.29) is 18.2 Å². The summed E-state index contributed by atoms with van der Waals surface area (Å²) in [5.41, 5.74) is 5.95. The summed E-state index contributed by atoms with van der Waals surface area (Å²) in [5, 5.41) is 2.66. The van der Waals surface area contributed by atoms with E-state index >= 15 is 0 Å². The Morgan fingerprint density at radius 2 is 2.05 bits per heavy atom. The fourth-order valence-corrected chi connectivity index (χ4v) is 2.48. The summed E-state index contributed by atoms with van der Waals surface area (Å²) in [5.74, 6) is -1.13. The van der Waals surface area contributed by atoms with E-state index in [1.807, 2.05) is 6.92 Å². The van der Waals surface area contributed by atoms with Gasteiger partial charge in [0.2, 0.25) is 5.91 Å². The maximum Gasteiger partial charge on any atom is 0.398 e. The van der Waals surface area contributed by atoms with E-state index in [4.69, 9.17) is 5.73 Å². The molecule has 1 unspecified atom stereocenters. The van der Waals surface area contributed by atoms with Crippen LogP contribution in [0.1, 0.15) is 19.8 Å². The van der Waals surface area contributed by atoms with E-state index in [0.29, 0.717) is 28.9 Å². The second kappa shape index (κ2) is 8.29. The van der Waals surface area contributed by atoms with Crippen LogP contribution in [0.2, 0.25) is 0 Å². The Bertz CT molecular complexity index is 462. The zero-order valence-corrected chi connectivity index (χ0v) is 12.6. The van der Waals surface area contributed by atoms with Gasteiger partial charge in [-0.25, -0.2) is 0 Å². The first-order chi connectivity index (χ1) is 9.85. The van der Waals surface area contributed by atoms with E-state index < -0.39 is 11.9 Å². The fraction of sp³-hybridized carbons (Fsp3) is 0.500. The van der Waals surface area contributed by atoms with Crippen LogP contribution in [0.15, 0.2) is 29.2 Å². The average Bonchev–Trinajstić information content (AvgIpc) is 2.43. The molecule has 0 heterocycles. The van der Waals surface area contributed by atoms with Crippen LogP contribution in [0.4, 0.5) is 18.9 Å². The van der Waals surface area contributed by atoms with Gasteiger partial charge < -0.3 is 11.1 Å². The fourth-order valence-electron chi connectivity index (χ4n) is 1.71.